The quantitative estimate of drug-likeness (QED) is 0.727. The van der Waals surface area contributed by atoms with E-state index < -0.39 is 17.7 Å². The maximum Gasteiger partial charge on any atom is 0.407 e. The third-order valence-electron chi connectivity index (χ3n) is 2.26. The van der Waals surface area contributed by atoms with E-state index in [1.54, 1.807) is 32.9 Å². The summed E-state index contributed by atoms with van der Waals surface area (Å²) in [7, 11) is 0. The van der Waals surface area contributed by atoms with E-state index in [0.717, 1.165) is 0 Å². The van der Waals surface area contributed by atoms with Crippen molar-refractivity contribution in [1.82, 2.24) is 10.6 Å². The molecule has 0 fully saturated rings. The van der Waals surface area contributed by atoms with Crippen molar-refractivity contribution in [3.63, 3.8) is 0 Å². The first kappa shape index (κ1) is 18.4. The lowest BCUT2D eigenvalue weighted by molar-refractivity contribution is 0.0528. The Balaban J connectivity index is 2.28. The van der Waals surface area contributed by atoms with Gasteiger partial charge in [0.1, 0.15) is 5.60 Å². The maximum atomic E-state index is 11.7. The summed E-state index contributed by atoms with van der Waals surface area (Å²) in [6.07, 6.45) is -0.532. The molecule has 1 rings (SSSR count). The fourth-order valence-corrected chi connectivity index (χ4v) is 1.87. The molecule has 0 aromatic heterocycles. The number of alkyl carbamates (subject to hydrolysis) is 1. The first-order valence-corrected chi connectivity index (χ1v) is 7.40. The molecule has 0 saturated heterocycles. The number of carbonyl (C=O) groups excluding carboxylic acids is 2. The second-order valence-electron chi connectivity index (χ2n) is 5.43. The Kier molecular flexibility index (Phi) is 6.77. The third-order valence-corrected chi connectivity index (χ3v) is 2.81. The Morgan fingerprint density at radius 1 is 1.14 bits per heavy atom. The van der Waals surface area contributed by atoms with Crippen LogP contribution in [0.3, 0.4) is 0 Å². The van der Waals surface area contributed by atoms with Gasteiger partial charge in [0.05, 0.1) is 10.7 Å². The predicted octanol–water partition coefficient (Wildman–Crippen LogP) is 3.64. The Morgan fingerprint density at radius 2 is 1.77 bits per heavy atom. The summed E-state index contributed by atoms with van der Waals surface area (Å²) in [5, 5.41) is 8.51. The van der Waals surface area contributed by atoms with Crippen molar-refractivity contribution < 1.29 is 14.3 Å². The van der Waals surface area contributed by atoms with Crippen LogP contribution < -0.4 is 16.0 Å². The lowest BCUT2D eigenvalue weighted by Crippen LogP contribution is -2.39. The molecule has 0 unspecified atom stereocenters. The van der Waals surface area contributed by atoms with Crippen LogP contribution in [0.15, 0.2) is 18.2 Å². The number of nitrogens with one attached hydrogen (secondary N) is 3. The normalized spacial score (nSPS) is 10.8. The second-order valence-corrected chi connectivity index (χ2v) is 6.28. The minimum atomic E-state index is -0.555. The molecule has 0 spiro atoms. The molecule has 8 heteroatoms. The van der Waals surface area contributed by atoms with Crippen molar-refractivity contribution >= 4 is 41.0 Å². The van der Waals surface area contributed by atoms with Gasteiger partial charge in [0, 0.05) is 18.1 Å². The molecule has 3 N–H and O–H groups in total. The molecule has 1 aromatic carbocycles. The molecule has 0 radical (unpaired) electrons. The highest BCUT2D eigenvalue weighted by Gasteiger charge is 2.15. The fourth-order valence-electron chi connectivity index (χ4n) is 1.41. The second kappa shape index (κ2) is 8.10. The third kappa shape index (κ3) is 7.38. The molecule has 0 aliphatic heterocycles. The molecule has 6 nitrogen and oxygen atoms in total. The van der Waals surface area contributed by atoms with E-state index in [2.05, 4.69) is 16.0 Å². The zero-order chi connectivity index (χ0) is 16.8. The van der Waals surface area contributed by atoms with Gasteiger partial charge in [-0.25, -0.2) is 9.59 Å². The number of hydrogen-bond acceptors (Lipinski definition) is 3. The lowest BCUT2D eigenvalue weighted by Gasteiger charge is -2.19. The molecule has 0 bridgehead atoms. The highest BCUT2D eigenvalue weighted by molar-refractivity contribution is 6.36. The number of amides is 3. The lowest BCUT2D eigenvalue weighted by atomic mass is 10.2. The van der Waals surface area contributed by atoms with E-state index in [1.165, 1.54) is 6.07 Å². The van der Waals surface area contributed by atoms with Crippen LogP contribution in [-0.2, 0) is 4.74 Å². The van der Waals surface area contributed by atoms with Crippen molar-refractivity contribution in [2.45, 2.75) is 26.4 Å². The van der Waals surface area contributed by atoms with Gasteiger partial charge in [-0.1, -0.05) is 23.2 Å². The van der Waals surface area contributed by atoms with Gasteiger partial charge in [-0.05, 0) is 39.0 Å². The van der Waals surface area contributed by atoms with Crippen molar-refractivity contribution in [3.8, 4) is 0 Å². The summed E-state index contributed by atoms with van der Waals surface area (Å²) in [5.74, 6) is 0. The largest absolute Gasteiger partial charge is 0.444 e. The number of benzene rings is 1. The van der Waals surface area contributed by atoms with Crippen LogP contribution in [0.2, 0.25) is 10.0 Å². The van der Waals surface area contributed by atoms with Gasteiger partial charge in [-0.15, -0.1) is 0 Å². The first-order valence-electron chi connectivity index (χ1n) is 6.64. The minimum absolute atomic E-state index is 0.246. The molecule has 3 amide bonds. The van der Waals surface area contributed by atoms with Gasteiger partial charge in [0.15, 0.2) is 0 Å². The summed E-state index contributed by atoms with van der Waals surface area (Å²) in [4.78, 5) is 23.0. The van der Waals surface area contributed by atoms with Crippen LogP contribution in [0.1, 0.15) is 20.8 Å². The zero-order valence-corrected chi connectivity index (χ0v) is 14.1. The van der Waals surface area contributed by atoms with Crippen LogP contribution in [0.25, 0.3) is 0 Å². The molecule has 0 atom stereocenters. The van der Waals surface area contributed by atoms with Gasteiger partial charge >= 0.3 is 12.1 Å². The summed E-state index contributed by atoms with van der Waals surface area (Å²) in [6.45, 7) is 5.81. The van der Waals surface area contributed by atoms with Crippen LogP contribution in [-0.4, -0.2) is 30.8 Å². The predicted molar refractivity (Wildman–Crippen MR) is 87.7 cm³/mol. The smallest absolute Gasteiger partial charge is 0.407 e. The number of carbonyl (C=O) groups is 2. The summed E-state index contributed by atoms with van der Waals surface area (Å²) >= 11 is 11.7. The average molecular weight is 348 g/mol. The minimum Gasteiger partial charge on any atom is -0.444 e. The Bertz CT molecular complexity index is 545. The Hall–Kier alpha value is -1.66. The van der Waals surface area contributed by atoms with Crippen LogP contribution in [0.4, 0.5) is 15.3 Å². The molecule has 0 aliphatic rings. The van der Waals surface area contributed by atoms with Crippen molar-refractivity contribution in [2.75, 3.05) is 18.4 Å². The van der Waals surface area contributed by atoms with Crippen LogP contribution in [0, 0.1) is 0 Å². The van der Waals surface area contributed by atoms with E-state index >= 15 is 0 Å². The number of hydrogen-bond donors (Lipinski definition) is 3. The number of rotatable bonds is 4. The first-order chi connectivity index (χ1) is 10.2. The fraction of sp³-hybridized carbons (Fsp3) is 0.429. The molecular formula is C14H19Cl2N3O3. The van der Waals surface area contributed by atoms with Gasteiger partial charge in [0.2, 0.25) is 0 Å². The molecule has 22 heavy (non-hydrogen) atoms. The van der Waals surface area contributed by atoms with E-state index in [1.807, 2.05) is 0 Å². The van der Waals surface area contributed by atoms with E-state index in [0.29, 0.717) is 15.7 Å². The molecular weight excluding hydrogens is 329 g/mol. The molecule has 122 valence electrons. The van der Waals surface area contributed by atoms with Gasteiger partial charge in [0.25, 0.3) is 0 Å². The Morgan fingerprint density at radius 3 is 2.36 bits per heavy atom. The molecule has 1 aromatic rings. The molecule has 0 saturated carbocycles. The SMILES string of the molecule is CC(C)(C)OC(=O)NCCNC(=O)Nc1ccc(Cl)cc1Cl. The number of halogens is 2. The van der Waals surface area contributed by atoms with Gasteiger partial charge < -0.3 is 20.7 Å². The average Bonchev–Trinajstić information content (AvgIpc) is 2.36. The highest BCUT2D eigenvalue weighted by atomic mass is 35.5. The van der Waals surface area contributed by atoms with Crippen LogP contribution in [0.5, 0.6) is 0 Å². The Labute approximate surface area is 139 Å². The monoisotopic (exact) mass is 347 g/mol. The van der Waals surface area contributed by atoms with Crippen molar-refractivity contribution in [2.24, 2.45) is 0 Å². The number of urea groups is 1. The van der Waals surface area contributed by atoms with E-state index in [4.69, 9.17) is 27.9 Å². The van der Waals surface area contributed by atoms with Gasteiger partial charge in [-0.2, -0.15) is 0 Å². The topological polar surface area (TPSA) is 79.5 Å². The number of ether oxygens (including phenoxy) is 1. The summed E-state index contributed by atoms with van der Waals surface area (Å²) < 4.78 is 5.06. The standard InChI is InChI=1S/C14H19Cl2N3O3/c1-14(2,3)22-13(21)18-7-6-17-12(20)19-11-5-4-9(15)8-10(11)16/h4-5,8H,6-7H2,1-3H3,(H,18,21)(H2,17,19,20). The maximum absolute atomic E-state index is 11.7. The van der Waals surface area contributed by atoms with Gasteiger partial charge in [-0.3, -0.25) is 0 Å². The van der Waals surface area contributed by atoms with E-state index in [-0.39, 0.29) is 13.1 Å². The molecule has 0 heterocycles. The number of anilines is 1. The van der Waals surface area contributed by atoms with E-state index in [9.17, 15) is 9.59 Å². The molecule has 0 aliphatic carbocycles. The van der Waals surface area contributed by atoms with Crippen molar-refractivity contribution in [3.05, 3.63) is 28.2 Å². The summed E-state index contributed by atoms with van der Waals surface area (Å²) in [6, 6.07) is 4.31. The zero-order valence-electron chi connectivity index (χ0n) is 12.6. The van der Waals surface area contributed by atoms with Crippen molar-refractivity contribution in [1.29, 1.82) is 0 Å². The highest BCUT2D eigenvalue weighted by Crippen LogP contribution is 2.25. The van der Waals surface area contributed by atoms with Crippen LogP contribution >= 0.6 is 23.2 Å². The summed E-state index contributed by atoms with van der Waals surface area (Å²) in [5.41, 5.74) is -0.107.